The van der Waals surface area contributed by atoms with Crippen LogP contribution in [0.5, 0.6) is 0 Å². The molecule has 1 atom stereocenters. The van der Waals surface area contributed by atoms with E-state index in [2.05, 4.69) is 10.6 Å². The van der Waals surface area contributed by atoms with Gasteiger partial charge in [-0.15, -0.1) is 0 Å². The molecule has 8 heteroatoms. The molecule has 1 aliphatic heterocycles. The van der Waals surface area contributed by atoms with E-state index >= 15 is 0 Å². The molecule has 1 saturated carbocycles. The average Bonchev–Trinajstić information content (AvgIpc) is 3.32. The second-order valence-corrected chi connectivity index (χ2v) is 9.50. The SMILES string of the molecule is CC(C)C(NC(=O)OCc1ccccc1)C(=O)[N+]1(C(=O)C(=O)NC2CCCCC2)CCCC1. The van der Waals surface area contributed by atoms with Crippen LogP contribution in [0.25, 0.3) is 0 Å². The molecule has 2 N–H and O–H groups in total. The number of imide groups is 1. The Morgan fingerprint density at radius 2 is 1.61 bits per heavy atom. The highest BCUT2D eigenvalue weighted by molar-refractivity contribution is 6.33. The van der Waals surface area contributed by atoms with Gasteiger partial charge in [0.1, 0.15) is 6.61 Å². The minimum atomic E-state index is -0.933. The third kappa shape index (κ3) is 6.19. The minimum Gasteiger partial charge on any atom is -0.445 e. The molecule has 180 valence electrons. The molecule has 33 heavy (non-hydrogen) atoms. The van der Waals surface area contributed by atoms with E-state index in [4.69, 9.17) is 4.74 Å². The van der Waals surface area contributed by atoms with Crippen LogP contribution in [0.1, 0.15) is 64.4 Å². The van der Waals surface area contributed by atoms with Crippen molar-refractivity contribution in [3.63, 3.8) is 0 Å². The first-order valence-corrected chi connectivity index (χ1v) is 12.1. The van der Waals surface area contributed by atoms with Crippen LogP contribution in [-0.2, 0) is 25.7 Å². The number of rotatable bonds is 6. The van der Waals surface area contributed by atoms with E-state index in [1.807, 2.05) is 30.3 Å². The Labute approximate surface area is 195 Å². The highest BCUT2D eigenvalue weighted by Crippen LogP contribution is 2.25. The number of nitrogens with one attached hydrogen (secondary N) is 2. The molecule has 1 aromatic carbocycles. The number of hydrogen-bond donors (Lipinski definition) is 2. The third-order valence-corrected chi connectivity index (χ3v) is 6.69. The Hall–Kier alpha value is -2.74. The molecule has 2 fully saturated rings. The van der Waals surface area contributed by atoms with Crippen molar-refractivity contribution in [1.29, 1.82) is 0 Å². The van der Waals surface area contributed by atoms with Gasteiger partial charge in [-0.3, -0.25) is 4.79 Å². The van der Waals surface area contributed by atoms with Crippen LogP contribution < -0.4 is 10.6 Å². The van der Waals surface area contributed by atoms with Gasteiger partial charge in [0.15, 0.2) is 6.04 Å². The fourth-order valence-corrected chi connectivity index (χ4v) is 4.76. The van der Waals surface area contributed by atoms with Crippen molar-refractivity contribution in [2.24, 2.45) is 5.92 Å². The Balaban J connectivity index is 1.68. The second-order valence-electron chi connectivity index (χ2n) is 9.50. The van der Waals surface area contributed by atoms with Gasteiger partial charge in [-0.1, -0.05) is 63.4 Å². The molecule has 0 bridgehead atoms. The topological polar surface area (TPSA) is 102 Å². The molecule has 1 heterocycles. The van der Waals surface area contributed by atoms with Crippen molar-refractivity contribution in [1.82, 2.24) is 10.6 Å². The predicted molar refractivity (Wildman–Crippen MR) is 123 cm³/mol. The molecule has 1 unspecified atom stereocenters. The molecule has 1 aromatic rings. The van der Waals surface area contributed by atoms with Crippen LogP contribution in [0.15, 0.2) is 30.3 Å². The van der Waals surface area contributed by atoms with Gasteiger partial charge in [-0.2, -0.15) is 4.48 Å². The average molecular weight is 459 g/mol. The van der Waals surface area contributed by atoms with Gasteiger partial charge >= 0.3 is 23.8 Å². The lowest BCUT2D eigenvalue weighted by Gasteiger charge is -2.33. The highest BCUT2D eigenvalue weighted by atomic mass is 16.5. The maximum atomic E-state index is 13.7. The fourth-order valence-electron chi connectivity index (χ4n) is 4.76. The van der Waals surface area contributed by atoms with Crippen LogP contribution in [0.2, 0.25) is 0 Å². The number of likely N-dealkylation sites (tertiary alicyclic amines) is 1. The maximum Gasteiger partial charge on any atom is 0.411 e. The predicted octanol–water partition coefficient (Wildman–Crippen LogP) is 3.05. The van der Waals surface area contributed by atoms with E-state index in [0.29, 0.717) is 12.8 Å². The van der Waals surface area contributed by atoms with E-state index < -0.39 is 34.3 Å². The first kappa shape index (κ1) is 24.9. The maximum absolute atomic E-state index is 13.7. The summed E-state index contributed by atoms with van der Waals surface area (Å²) in [7, 11) is 0. The Morgan fingerprint density at radius 1 is 0.970 bits per heavy atom. The highest BCUT2D eigenvalue weighted by Gasteiger charge is 2.53. The van der Waals surface area contributed by atoms with Gasteiger partial charge < -0.3 is 15.4 Å². The summed E-state index contributed by atoms with van der Waals surface area (Å²) in [6.07, 6.45) is 5.55. The molecule has 1 saturated heterocycles. The molecule has 0 radical (unpaired) electrons. The Kier molecular flexibility index (Phi) is 8.61. The number of carbonyl (C=O) groups is 4. The van der Waals surface area contributed by atoms with E-state index in [-0.39, 0.29) is 31.7 Å². The van der Waals surface area contributed by atoms with Gasteiger partial charge in [0.25, 0.3) is 0 Å². The van der Waals surface area contributed by atoms with Crippen molar-refractivity contribution < 1.29 is 28.4 Å². The molecule has 1 aliphatic carbocycles. The first-order valence-electron chi connectivity index (χ1n) is 12.1. The van der Waals surface area contributed by atoms with E-state index in [1.165, 1.54) is 0 Å². The summed E-state index contributed by atoms with van der Waals surface area (Å²) >= 11 is 0. The second kappa shape index (κ2) is 11.4. The molecular formula is C25H36N3O5+. The van der Waals surface area contributed by atoms with Gasteiger partial charge in [-0.25, -0.2) is 14.4 Å². The van der Waals surface area contributed by atoms with Crippen molar-refractivity contribution >= 4 is 23.8 Å². The number of ether oxygens (including phenoxy) is 1. The van der Waals surface area contributed by atoms with Gasteiger partial charge in [0.2, 0.25) is 0 Å². The number of quaternary nitrogens is 1. The summed E-state index contributed by atoms with van der Waals surface area (Å²) in [4.78, 5) is 52.3. The van der Waals surface area contributed by atoms with E-state index in [1.54, 1.807) is 13.8 Å². The smallest absolute Gasteiger partial charge is 0.411 e. The lowest BCUT2D eigenvalue weighted by molar-refractivity contribution is -0.762. The van der Waals surface area contributed by atoms with Crippen LogP contribution in [0.4, 0.5) is 4.79 Å². The van der Waals surface area contributed by atoms with Gasteiger partial charge in [0.05, 0.1) is 13.1 Å². The fraction of sp³-hybridized carbons (Fsp3) is 0.600. The molecule has 0 spiro atoms. The number of nitrogens with zero attached hydrogens (tertiary/aromatic N) is 1. The Bertz CT molecular complexity index is 843. The van der Waals surface area contributed by atoms with Crippen LogP contribution in [0, 0.1) is 5.92 Å². The molecule has 0 aromatic heterocycles. The van der Waals surface area contributed by atoms with Crippen LogP contribution in [0.3, 0.4) is 0 Å². The van der Waals surface area contributed by atoms with Gasteiger partial charge in [-0.05, 0) is 24.3 Å². The van der Waals surface area contributed by atoms with E-state index in [9.17, 15) is 19.2 Å². The first-order chi connectivity index (χ1) is 15.8. The summed E-state index contributed by atoms with van der Waals surface area (Å²) in [5, 5.41) is 5.51. The number of hydrogen-bond acceptors (Lipinski definition) is 5. The van der Waals surface area contributed by atoms with Crippen molar-refractivity contribution in [3.8, 4) is 0 Å². The van der Waals surface area contributed by atoms with Crippen molar-refractivity contribution in [3.05, 3.63) is 35.9 Å². The van der Waals surface area contributed by atoms with Crippen LogP contribution >= 0.6 is 0 Å². The zero-order valence-corrected chi connectivity index (χ0v) is 19.7. The Morgan fingerprint density at radius 3 is 2.21 bits per heavy atom. The summed E-state index contributed by atoms with van der Waals surface area (Å²) < 4.78 is 4.75. The zero-order chi connectivity index (χ0) is 23.8. The van der Waals surface area contributed by atoms with E-state index in [0.717, 1.165) is 37.7 Å². The summed E-state index contributed by atoms with van der Waals surface area (Å²) in [5.74, 6) is -2.12. The molecule has 4 amide bonds. The number of benzene rings is 1. The molecule has 3 rings (SSSR count). The zero-order valence-electron chi connectivity index (χ0n) is 19.7. The number of carbonyl (C=O) groups excluding carboxylic acids is 4. The third-order valence-electron chi connectivity index (χ3n) is 6.69. The largest absolute Gasteiger partial charge is 0.445 e. The quantitative estimate of drug-likeness (QED) is 0.504. The number of alkyl carbamates (subject to hydrolysis) is 1. The number of amides is 4. The monoisotopic (exact) mass is 458 g/mol. The summed E-state index contributed by atoms with van der Waals surface area (Å²) in [5.41, 5.74) is 0.831. The standard InChI is InChI=1S/C25H35N3O5/c1-18(2)21(27-25(32)33-17-19-11-5-3-6-12-19)23(30)28(15-9-10-16-28)24(31)22(29)26-20-13-7-4-8-14-20/h3,5-6,11-12,18,20-21H,4,7-10,13-17H2,1-2H3,(H-,26,27,29,32)/p+1. The summed E-state index contributed by atoms with van der Waals surface area (Å²) in [6, 6.07) is 8.30. The summed E-state index contributed by atoms with van der Waals surface area (Å²) in [6.45, 7) is 4.24. The molecule has 8 nitrogen and oxygen atoms in total. The van der Waals surface area contributed by atoms with Crippen molar-refractivity contribution in [2.45, 2.75) is 77.5 Å². The van der Waals surface area contributed by atoms with Gasteiger partial charge in [0, 0.05) is 18.9 Å². The minimum absolute atomic E-state index is 0.0139. The van der Waals surface area contributed by atoms with Crippen LogP contribution in [-0.4, -0.2) is 53.5 Å². The normalized spacial score (nSPS) is 19.0. The molecule has 2 aliphatic rings. The lowest BCUT2D eigenvalue weighted by atomic mass is 9.95. The lowest BCUT2D eigenvalue weighted by Crippen LogP contribution is -2.66. The molecular weight excluding hydrogens is 422 g/mol. The van der Waals surface area contributed by atoms with Crippen molar-refractivity contribution in [2.75, 3.05) is 13.1 Å².